The summed E-state index contributed by atoms with van der Waals surface area (Å²) >= 11 is 0. The van der Waals surface area contributed by atoms with Crippen LogP contribution in [0.1, 0.15) is 56.1 Å². The molecule has 1 aromatic carbocycles. The number of rotatable bonds is 6. The number of anilines is 1. The van der Waals surface area contributed by atoms with E-state index in [-0.39, 0.29) is 41.8 Å². The second-order valence-electron chi connectivity index (χ2n) is 10.5. The highest BCUT2D eigenvalue weighted by Gasteiger charge is 2.35. The van der Waals surface area contributed by atoms with Gasteiger partial charge in [-0.15, -0.1) is 0 Å². The minimum absolute atomic E-state index is 0.0204. The van der Waals surface area contributed by atoms with Crippen LogP contribution >= 0.6 is 0 Å². The predicted octanol–water partition coefficient (Wildman–Crippen LogP) is 3.10. The number of hydrogen-bond acceptors (Lipinski definition) is 7. The van der Waals surface area contributed by atoms with Crippen molar-refractivity contribution in [3.05, 3.63) is 47.0 Å². The molecule has 5 rings (SSSR count). The zero-order valence-corrected chi connectivity index (χ0v) is 22.1. The summed E-state index contributed by atoms with van der Waals surface area (Å²) in [5.41, 5.74) is 1.58. The molecule has 2 aliphatic heterocycles. The van der Waals surface area contributed by atoms with Gasteiger partial charge in [0.1, 0.15) is 29.8 Å². The van der Waals surface area contributed by atoms with E-state index in [1.807, 2.05) is 39.5 Å². The third kappa shape index (κ3) is 4.75. The Labute approximate surface area is 216 Å². The van der Waals surface area contributed by atoms with Crippen LogP contribution in [0.3, 0.4) is 0 Å². The number of nitrogens with one attached hydrogen (secondary N) is 1. The Morgan fingerprint density at radius 1 is 1.38 bits per heavy atom. The number of carboxylic acid groups (broad SMARTS) is 1. The van der Waals surface area contributed by atoms with Crippen LogP contribution in [0.4, 0.5) is 10.2 Å². The van der Waals surface area contributed by atoms with E-state index < -0.39 is 21.7 Å². The maximum absolute atomic E-state index is 14.7. The average Bonchev–Trinajstić information content (AvgIpc) is 3.43. The Morgan fingerprint density at radius 3 is 2.84 bits per heavy atom. The summed E-state index contributed by atoms with van der Waals surface area (Å²) in [6.07, 6.45) is 3.04. The first-order chi connectivity index (χ1) is 17.4. The SMILES string of the molecule is C[C@@H]1COc2cn3ncc(C(=O)O)c3nc2N1Cc1cc(F)cc2c1OC([C@@H](C)N[S@](=O)C(C)(C)C)C2. The van der Waals surface area contributed by atoms with Crippen molar-refractivity contribution < 1.29 is 28.0 Å². The van der Waals surface area contributed by atoms with Gasteiger partial charge in [0, 0.05) is 24.1 Å². The van der Waals surface area contributed by atoms with Crippen molar-refractivity contribution in [2.24, 2.45) is 0 Å². The molecule has 4 heterocycles. The summed E-state index contributed by atoms with van der Waals surface area (Å²) in [6, 6.07) is 2.59. The largest absolute Gasteiger partial charge is 0.488 e. The topological polar surface area (TPSA) is 118 Å². The first-order valence-electron chi connectivity index (χ1n) is 12.1. The monoisotopic (exact) mass is 531 g/mol. The minimum atomic E-state index is -1.27. The molecule has 198 valence electrons. The molecule has 0 bridgehead atoms. The highest BCUT2D eigenvalue weighted by molar-refractivity contribution is 7.84. The minimum Gasteiger partial charge on any atom is -0.488 e. The lowest BCUT2D eigenvalue weighted by molar-refractivity contribution is 0.0698. The van der Waals surface area contributed by atoms with Gasteiger partial charge in [-0.1, -0.05) is 0 Å². The van der Waals surface area contributed by atoms with E-state index in [1.165, 1.54) is 22.8 Å². The van der Waals surface area contributed by atoms with Gasteiger partial charge in [0.15, 0.2) is 17.2 Å². The molecule has 4 atom stereocenters. The zero-order valence-electron chi connectivity index (χ0n) is 21.3. The van der Waals surface area contributed by atoms with Gasteiger partial charge >= 0.3 is 5.97 Å². The Bertz CT molecular complexity index is 1400. The van der Waals surface area contributed by atoms with Crippen LogP contribution in [0, 0.1) is 5.82 Å². The summed E-state index contributed by atoms with van der Waals surface area (Å²) in [5.74, 6) is 0.0255. The Kier molecular flexibility index (Phi) is 6.35. The van der Waals surface area contributed by atoms with Crippen molar-refractivity contribution in [1.82, 2.24) is 19.3 Å². The summed E-state index contributed by atoms with van der Waals surface area (Å²) in [5, 5.41) is 13.6. The normalized spacial score (nSPS) is 20.6. The number of ether oxygens (including phenoxy) is 2. The van der Waals surface area contributed by atoms with E-state index in [1.54, 1.807) is 6.20 Å². The lowest BCUT2D eigenvalue weighted by atomic mass is 10.0. The second kappa shape index (κ2) is 9.25. The molecule has 3 aromatic rings. The van der Waals surface area contributed by atoms with E-state index in [0.717, 1.165) is 5.56 Å². The third-order valence-electron chi connectivity index (χ3n) is 6.60. The van der Waals surface area contributed by atoms with Crippen molar-refractivity contribution in [2.45, 2.75) is 70.5 Å². The Balaban J connectivity index is 1.45. The maximum Gasteiger partial charge on any atom is 0.341 e. The van der Waals surface area contributed by atoms with Crippen LogP contribution in [0.2, 0.25) is 0 Å². The fraction of sp³-hybridized carbons (Fsp3) is 0.480. The van der Waals surface area contributed by atoms with Crippen molar-refractivity contribution in [3.8, 4) is 11.5 Å². The highest BCUT2D eigenvalue weighted by Crippen LogP contribution is 2.39. The highest BCUT2D eigenvalue weighted by atomic mass is 32.2. The number of nitrogens with zero attached hydrogens (tertiary/aromatic N) is 4. The summed E-state index contributed by atoms with van der Waals surface area (Å²) in [4.78, 5) is 18.2. The predicted molar refractivity (Wildman–Crippen MR) is 136 cm³/mol. The lowest BCUT2D eigenvalue weighted by Gasteiger charge is -2.36. The van der Waals surface area contributed by atoms with Gasteiger partial charge in [0.2, 0.25) is 0 Å². The first-order valence-corrected chi connectivity index (χ1v) is 13.2. The van der Waals surface area contributed by atoms with Gasteiger partial charge in [-0.05, 0) is 46.8 Å². The fourth-order valence-electron chi connectivity index (χ4n) is 4.51. The zero-order chi connectivity index (χ0) is 26.6. The second-order valence-corrected chi connectivity index (χ2v) is 12.5. The molecule has 37 heavy (non-hydrogen) atoms. The standard InChI is InChI=1S/C25H30FN5O5S/c1-13-12-35-20-11-31-22(18(9-27-31)24(32)33)28-23(20)30(13)10-16-7-17(26)6-15-8-19(36-21(15)16)14(2)29-37(34)25(3,4)5/h6-7,9,11,13-14,19,29H,8,10,12H2,1-5H3,(H,32,33)/t13-,14-,19?,37-/m1/s1. The summed E-state index contributed by atoms with van der Waals surface area (Å²) in [7, 11) is -1.27. The van der Waals surface area contributed by atoms with Crippen molar-refractivity contribution in [1.29, 1.82) is 0 Å². The lowest BCUT2D eigenvalue weighted by Crippen LogP contribution is -2.45. The Morgan fingerprint density at radius 2 is 2.14 bits per heavy atom. The van der Waals surface area contributed by atoms with Crippen LogP contribution in [0.25, 0.3) is 5.65 Å². The van der Waals surface area contributed by atoms with E-state index in [4.69, 9.17) is 9.47 Å². The smallest absolute Gasteiger partial charge is 0.341 e. The molecule has 0 aliphatic carbocycles. The molecule has 0 saturated heterocycles. The van der Waals surface area contributed by atoms with E-state index in [2.05, 4.69) is 14.8 Å². The van der Waals surface area contributed by atoms with Crippen LogP contribution < -0.4 is 19.1 Å². The van der Waals surface area contributed by atoms with E-state index in [0.29, 0.717) is 35.9 Å². The fourth-order valence-corrected chi connectivity index (χ4v) is 5.35. The molecule has 2 aromatic heterocycles. The number of carbonyl (C=O) groups is 1. The quantitative estimate of drug-likeness (QED) is 0.498. The average molecular weight is 532 g/mol. The van der Waals surface area contributed by atoms with E-state index >= 15 is 0 Å². The van der Waals surface area contributed by atoms with Crippen molar-refractivity contribution >= 4 is 28.4 Å². The van der Waals surface area contributed by atoms with Gasteiger partial charge in [-0.3, -0.25) is 0 Å². The molecule has 2 aliphatic rings. The Hall–Kier alpha value is -3.25. The summed E-state index contributed by atoms with van der Waals surface area (Å²) in [6.45, 7) is 10.2. The van der Waals surface area contributed by atoms with Gasteiger partial charge < -0.3 is 19.5 Å². The van der Waals surface area contributed by atoms with Crippen molar-refractivity contribution in [3.63, 3.8) is 0 Å². The van der Waals surface area contributed by atoms with Gasteiger partial charge in [-0.2, -0.15) is 5.10 Å². The van der Waals surface area contributed by atoms with Gasteiger partial charge in [0.25, 0.3) is 0 Å². The van der Waals surface area contributed by atoms with Gasteiger partial charge in [0.05, 0.1) is 40.2 Å². The third-order valence-corrected chi connectivity index (χ3v) is 8.30. The molecular formula is C25H30FN5O5S. The molecule has 0 fully saturated rings. The number of aromatic carboxylic acids is 1. The molecule has 0 amide bonds. The molecule has 10 nitrogen and oxygen atoms in total. The van der Waals surface area contributed by atoms with Crippen LogP contribution in [-0.2, 0) is 24.0 Å². The molecule has 12 heteroatoms. The number of carboxylic acids is 1. The molecule has 2 N–H and O–H groups in total. The first kappa shape index (κ1) is 25.4. The molecule has 1 unspecified atom stereocenters. The van der Waals surface area contributed by atoms with Gasteiger partial charge in [-0.25, -0.2) is 27.6 Å². The number of fused-ring (bicyclic) bond motifs is 3. The van der Waals surface area contributed by atoms with E-state index in [9.17, 15) is 18.5 Å². The number of aromatic nitrogens is 3. The maximum atomic E-state index is 14.7. The van der Waals surface area contributed by atoms with Crippen LogP contribution in [0.15, 0.2) is 24.5 Å². The molecule has 0 radical (unpaired) electrons. The van der Waals surface area contributed by atoms with Crippen molar-refractivity contribution in [2.75, 3.05) is 11.5 Å². The number of benzene rings is 1. The molecule has 0 saturated carbocycles. The van der Waals surface area contributed by atoms with Crippen LogP contribution in [0.5, 0.6) is 11.5 Å². The van der Waals surface area contributed by atoms with Crippen LogP contribution in [-0.4, -0.2) is 59.4 Å². The number of hydrogen-bond donors (Lipinski definition) is 2. The molecular weight excluding hydrogens is 501 g/mol. The summed E-state index contributed by atoms with van der Waals surface area (Å²) < 4.78 is 43.5. The number of halogens is 1. The molecule has 0 spiro atoms.